The van der Waals surface area contributed by atoms with Gasteiger partial charge in [-0.05, 0) is 30.3 Å². The summed E-state index contributed by atoms with van der Waals surface area (Å²) in [5.41, 5.74) is 3.43. The number of hydrogen-bond acceptors (Lipinski definition) is 9. The highest BCUT2D eigenvalue weighted by molar-refractivity contribution is 8.04. The number of nitrogens with zero attached hydrogens (tertiary/aromatic N) is 2. The molecule has 0 saturated heterocycles. The molecule has 0 fully saturated rings. The molecule has 182 valence electrons. The van der Waals surface area contributed by atoms with Crippen molar-refractivity contribution in [2.75, 3.05) is 17.3 Å². The maximum Gasteiger partial charge on any atom is 0.326 e. The van der Waals surface area contributed by atoms with Gasteiger partial charge in [0.25, 0.3) is 10.9 Å². The molecule has 0 saturated carbocycles. The molecule has 1 aliphatic rings. The van der Waals surface area contributed by atoms with Crippen molar-refractivity contribution in [2.45, 2.75) is 17.7 Å². The van der Waals surface area contributed by atoms with Gasteiger partial charge in [-0.2, -0.15) is 31.2 Å². The van der Waals surface area contributed by atoms with Crippen molar-refractivity contribution in [2.24, 2.45) is 0 Å². The fourth-order valence-corrected chi connectivity index (χ4v) is 7.51. The van der Waals surface area contributed by atoms with Crippen LogP contribution in [0.2, 0.25) is 10.0 Å². The van der Waals surface area contributed by atoms with Gasteiger partial charge in [0.2, 0.25) is 5.52 Å². The van der Waals surface area contributed by atoms with E-state index in [2.05, 4.69) is 5.48 Å². The highest BCUT2D eigenvalue weighted by Gasteiger charge is 2.32. The summed E-state index contributed by atoms with van der Waals surface area (Å²) in [6, 6.07) is 10.1. The van der Waals surface area contributed by atoms with Crippen LogP contribution in [0.3, 0.4) is 0 Å². The van der Waals surface area contributed by atoms with Crippen LogP contribution in [0.4, 0.5) is 5.69 Å². The Morgan fingerprint density at radius 1 is 1.15 bits per heavy atom. The van der Waals surface area contributed by atoms with Crippen LogP contribution < -0.4 is 14.9 Å². The third kappa shape index (κ3) is 5.86. The molecule has 0 spiro atoms. The minimum Gasteiger partial charge on any atom is -0.317 e. The van der Waals surface area contributed by atoms with E-state index in [-0.39, 0.29) is 0 Å². The second kappa shape index (κ2) is 9.91. The molecule has 15 heteroatoms. The lowest BCUT2D eigenvalue weighted by molar-refractivity contribution is -0.649. The molecule has 2 N–H and O–H groups in total. The first-order valence-corrected chi connectivity index (χ1v) is 15.2. The molecule has 0 atom stereocenters. The normalized spacial score (nSPS) is 15.4. The molecule has 0 amide bonds. The maximum absolute atomic E-state index is 12.5. The zero-order valence-electron chi connectivity index (χ0n) is 17.4. The number of thiazole rings is 1. The van der Waals surface area contributed by atoms with Gasteiger partial charge >= 0.3 is 20.2 Å². The lowest BCUT2D eigenvalue weighted by Crippen LogP contribution is -2.39. The molecule has 4 rings (SSSR count). The first-order valence-electron chi connectivity index (χ1n) is 9.63. The number of benzene rings is 2. The first-order chi connectivity index (χ1) is 16.0. The van der Waals surface area contributed by atoms with E-state index in [1.165, 1.54) is 32.6 Å². The predicted molar refractivity (Wildman–Crippen MR) is 135 cm³/mol. The standard InChI is InChI=1S/C19H17Cl2N3O6S4/c1-2-22-30-34(28,29)11-24-15-8-13(21)4-6-17(15)32-19(24)9-18-23(10-33(25,26)27)14-7-12(20)3-5-16(14)31-18/h3-9,22H,2,10-11H2,1H3/p+1. The Balaban J connectivity index is 1.84. The molecular formula is C19H18Cl2N3O6S4+. The van der Waals surface area contributed by atoms with Gasteiger partial charge in [-0.15, -0.1) is 0 Å². The van der Waals surface area contributed by atoms with Crippen molar-refractivity contribution in [3.8, 4) is 0 Å². The molecule has 0 unspecified atom stereocenters. The van der Waals surface area contributed by atoms with E-state index in [1.54, 1.807) is 49.4 Å². The Hall–Kier alpha value is -1.42. The Bertz CT molecular complexity index is 1510. The number of hydroxylamine groups is 1. The largest absolute Gasteiger partial charge is 0.326 e. The van der Waals surface area contributed by atoms with E-state index in [1.807, 2.05) is 0 Å². The summed E-state index contributed by atoms with van der Waals surface area (Å²) in [5, 5.41) is 1.79. The average Bonchev–Trinajstić information content (AvgIpc) is 3.23. The Morgan fingerprint density at radius 3 is 2.56 bits per heavy atom. The quantitative estimate of drug-likeness (QED) is 0.230. The van der Waals surface area contributed by atoms with Crippen LogP contribution in [0.25, 0.3) is 16.3 Å². The molecule has 34 heavy (non-hydrogen) atoms. The van der Waals surface area contributed by atoms with Crippen LogP contribution in [0.1, 0.15) is 11.9 Å². The monoisotopic (exact) mass is 582 g/mol. The number of hydrogen-bond donors (Lipinski definition) is 2. The third-order valence-corrected chi connectivity index (χ3v) is 8.77. The van der Waals surface area contributed by atoms with Crippen molar-refractivity contribution in [1.29, 1.82) is 0 Å². The summed E-state index contributed by atoms with van der Waals surface area (Å²) in [4.78, 5) is 2.29. The van der Waals surface area contributed by atoms with Crippen molar-refractivity contribution in [3.05, 3.63) is 56.5 Å². The van der Waals surface area contributed by atoms with Gasteiger partial charge in [-0.1, -0.05) is 53.2 Å². The van der Waals surface area contributed by atoms with Gasteiger partial charge in [-0.25, -0.2) is 0 Å². The summed E-state index contributed by atoms with van der Waals surface area (Å²) in [6.45, 7) is 1.99. The van der Waals surface area contributed by atoms with Gasteiger partial charge in [-0.3, -0.25) is 4.55 Å². The molecule has 1 aliphatic heterocycles. The molecule has 9 nitrogen and oxygen atoms in total. The minimum absolute atomic E-state index is 0.291. The number of aromatic nitrogens is 1. The van der Waals surface area contributed by atoms with Gasteiger partial charge in [0.1, 0.15) is 4.70 Å². The summed E-state index contributed by atoms with van der Waals surface area (Å²) in [7, 11) is -8.40. The molecule has 0 bridgehead atoms. The second-order valence-corrected chi connectivity index (χ2v) is 13.0. The Kier molecular flexibility index (Phi) is 7.48. The lowest BCUT2D eigenvalue weighted by atomic mass is 10.3. The van der Waals surface area contributed by atoms with E-state index in [0.29, 0.717) is 37.8 Å². The van der Waals surface area contributed by atoms with Crippen LogP contribution in [0, 0.1) is 0 Å². The maximum atomic E-state index is 12.5. The molecule has 0 aliphatic carbocycles. The SMILES string of the molecule is CCNOS(=O)(=O)CN1C(=Cc2sc3ccc(Cl)cc3[n+]2CS(=O)(=O)O)Sc2ccc(Cl)cc21. The van der Waals surface area contributed by atoms with Crippen molar-refractivity contribution < 1.29 is 30.2 Å². The van der Waals surface area contributed by atoms with E-state index in [0.717, 1.165) is 9.60 Å². The molecule has 0 radical (unpaired) electrons. The summed E-state index contributed by atoms with van der Waals surface area (Å²) >= 11 is 14.8. The second-order valence-electron chi connectivity index (χ2n) is 7.08. The van der Waals surface area contributed by atoms with Crippen LogP contribution in [0.15, 0.2) is 46.3 Å². The van der Waals surface area contributed by atoms with Gasteiger partial charge in [0, 0.05) is 27.6 Å². The number of anilines is 1. The number of thioether (sulfide) groups is 1. The number of halogens is 2. The van der Waals surface area contributed by atoms with E-state index >= 15 is 0 Å². The van der Waals surface area contributed by atoms with Crippen LogP contribution in [0.5, 0.6) is 0 Å². The van der Waals surface area contributed by atoms with E-state index < -0.39 is 32.0 Å². The Morgan fingerprint density at radius 2 is 1.85 bits per heavy atom. The van der Waals surface area contributed by atoms with Crippen LogP contribution >= 0.6 is 46.3 Å². The van der Waals surface area contributed by atoms with E-state index in [4.69, 9.17) is 27.5 Å². The number of rotatable bonds is 8. The topological polar surface area (TPSA) is 117 Å². The number of fused-ring (bicyclic) bond motifs is 2. The smallest absolute Gasteiger partial charge is 0.317 e. The van der Waals surface area contributed by atoms with Crippen LogP contribution in [-0.2, 0) is 30.4 Å². The molecule has 2 heterocycles. The third-order valence-electron chi connectivity index (χ3n) is 4.54. The highest BCUT2D eigenvalue weighted by Crippen LogP contribution is 2.48. The fraction of sp³-hybridized carbons (Fsp3) is 0.211. The minimum atomic E-state index is -4.38. The van der Waals surface area contributed by atoms with Gasteiger partial charge < -0.3 is 4.90 Å². The van der Waals surface area contributed by atoms with Gasteiger partial charge in [0.15, 0.2) is 5.88 Å². The molecule has 3 aromatic rings. The summed E-state index contributed by atoms with van der Waals surface area (Å²) in [5.74, 6) is -1.21. The zero-order chi connectivity index (χ0) is 24.7. The predicted octanol–water partition coefficient (Wildman–Crippen LogP) is 4.08. The first kappa shape index (κ1) is 25.7. The highest BCUT2D eigenvalue weighted by atomic mass is 35.5. The summed E-state index contributed by atoms with van der Waals surface area (Å²) in [6.07, 6.45) is 1.66. The molecular weight excluding hydrogens is 565 g/mol. The molecule has 1 aromatic heterocycles. The zero-order valence-corrected chi connectivity index (χ0v) is 22.2. The van der Waals surface area contributed by atoms with Crippen molar-refractivity contribution in [3.63, 3.8) is 0 Å². The van der Waals surface area contributed by atoms with Crippen molar-refractivity contribution >= 4 is 88.5 Å². The fourth-order valence-electron chi connectivity index (χ4n) is 3.23. The summed E-state index contributed by atoms with van der Waals surface area (Å²) < 4.78 is 65.1. The van der Waals surface area contributed by atoms with Crippen molar-refractivity contribution in [1.82, 2.24) is 5.48 Å². The van der Waals surface area contributed by atoms with E-state index in [9.17, 15) is 21.4 Å². The van der Waals surface area contributed by atoms with Gasteiger partial charge in [0.05, 0.1) is 16.8 Å². The van der Waals surface area contributed by atoms with Crippen LogP contribution in [-0.4, -0.2) is 33.8 Å². The average molecular weight is 584 g/mol. The Labute approximate surface area is 214 Å². The number of nitrogens with one attached hydrogen (secondary N) is 1. The lowest BCUT2D eigenvalue weighted by Gasteiger charge is -2.19. The molecule has 2 aromatic carbocycles.